The molecule has 2 aliphatic rings. The van der Waals surface area contributed by atoms with Crippen LogP contribution in [-0.4, -0.2) is 50.4 Å². The third-order valence-electron chi connectivity index (χ3n) is 4.68. The Morgan fingerprint density at radius 3 is 2.34 bits per heavy atom. The summed E-state index contributed by atoms with van der Waals surface area (Å²) in [6.07, 6.45) is 2.94. The smallest absolute Gasteiger partial charge is 0.323 e. The summed E-state index contributed by atoms with van der Waals surface area (Å²) in [6, 6.07) is 15.1. The van der Waals surface area contributed by atoms with Gasteiger partial charge in [0.25, 0.3) is 5.91 Å². The normalized spacial score (nSPS) is 17.8. The monoisotopic (exact) mass is 468 g/mol. The molecular weight excluding hydrogens is 452 g/mol. The maximum atomic E-state index is 12.4. The molecule has 2 N–H and O–H groups in total. The summed E-state index contributed by atoms with van der Waals surface area (Å²) in [5.41, 5.74) is 2.47. The SMILES string of the molecule is O=C(O)CN1C(=O)/C(=C\C=C2/Oc3ccc(-c4ccccc4)cc3N2CC(=O)O)SC1=S. The van der Waals surface area contributed by atoms with Gasteiger partial charge in [-0.15, -0.1) is 0 Å². The lowest BCUT2D eigenvalue weighted by molar-refractivity contribution is -0.140. The first-order valence-electron chi connectivity index (χ1n) is 9.37. The second-order valence-corrected chi connectivity index (χ2v) is 8.50. The third-order valence-corrected chi connectivity index (χ3v) is 6.07. The molecule has 4 rings (SSSR count). The van der Waals surface area contributed by atoms with Crippen LogP contribution in [0.2, 0.25) is 0 Å². The number of amides is 1. The highest BCUT2D eigenvalue weighted by Gasteiger charge is 2.34. The number of fused-ring (bicyclic) bond motifs is 1. The van der Waals surface area contributed by atoms with E-state index in [-0.39, 0.29) is 21.7 Å². The molecule has 1 amide bonds. The van der Waals surface area contributed by atoms with Gasteiger partial charge in [-0.1, -0.05) is 60.4 Å². The van der Waals surface area contributed by atoms with Crippen LogP contribution in [0.4, 0.5) is 5.69 Å². The average Bonchev–Trinajstić information content (AvgIpc) is 3.23. The number of thioether (sulfide) groups is 1. The number of carboxylic acids is 2. The van der Waals surface area contributed by atoms with E-state index >= 15 is 0 Å². The zero-order valence-electron chi connectivity index (χ0n) is 16.4. The minimum atomic E-state index is -1.17. The maximum absolute atomic E-state index is 12.4. The van der Waals surface area contributed by atoms with Crippen molar-refractivity contribution in [2.45, 2.75) is 0 Å². The van der Waals surface area contributed by atoms with Crippen LogP contribution in [0, 0.1) is 0 Å². The molecule has 0 aliphatic carbocycles. The number of carbonyl (C=O) groups is 3. The summed E-state index contributed by atoms with van der Waals surface area (Å²) in [4.78, 5) is 37.6. The fourth-order valence-corrected chi connectivity index (χ4v) is 4.46. The van der Waals surface area contributed by atoms with E-state index in [1.54, 1.807) is 6.07 Å². The molecule has 0 radical (unpaired) electrons. The fraction of sp³-hybridized carbons (Fsp3) is 0.0909. The Morgan fingerprint density at radius 1 is 0.969 bits per heavy atom. The Kier molecular flexibility index (Phi) is 5.97. The van der Waals surface area contributed by atoms with E-state index in [2.05, 4.69) is 0 Å². The molecule has 1 saturated heterocycles. The molecule has 0 atom stereocenters. The Labute approximate surface area is 192 Å². The van der Waals surface area contributed by atoms with Crippen molar-refractivity contribution in [1.29, 1.82) is 0 Å². The molecule has 2 aliphatic heterocycles. The quantitative estimate of drug-likeness (QED) is 0.488. The minimum Gasteiger partial charge on any atom is -0.480 e. The largest absolute Gasteiger partial charge is 0.480 e. The van der Waals surface area contributed by atoms with Gasteiger partial charge in [0.1, 0.15) is 17.4 Å². The zero-order valence-corrected chi connectivity index (χ0v) is 18.1. The van der Waals surface area contributed by atoms with Crippen LogP contribution in [0.3, 0.4) is 0 Å². The summed E-state index contributed by atoms with van der Waals surface area (Å²) in [7, 11) is 0. The summed E-state index contributed by atoms with van der Waals surface area (Å²) >= 11 is 6.06. The number of ether oxygens (including phenoxy) is 1. The molecule has 32 heavy (non-hydrogen) atoms. The van der Waals surface area contributed by atoms with E-state index in [1.165, 1.54) is 17.1 Å². The molecular formula is C22H16N2O6S2. The molecule has 10 heteroatoms. The third kappa shape index (κ3) is 4.36. The molecule has 0 unspecified atom stereocenters. The molecule has 0 aromatic heterocycles. The summed E-state index contributed by atoms with van der Waals surface area (Å²) < 4.78 is 5.99. The van der Waals surface area contributed by atoms with Gasteiger partial charge in [0, 0.05) is 6.08 Å². The highest BCUT2D eigenvalue weighted by Crippen LogP contribution is 2.41. The predicted molar refractivity (Wildman–Crippen MR) is 123 cm³/mol. The van der Waals surface area contributed by atoms with Crippen molar-refractivity contribution in [3.8, 4) is 16.9 Å². The number of allylic oxidation sites excluding steroid dienone is 2. The van der Waals surface area contributed by atoms with Crippen LogP contribution in [0.15, 0.2) is 71.5 Å². The molecule has 2 aromatic carbocycles. The Hall–Kier alpha value is -3.63. The highest BCUT2D eigenvalue weighted by molar-refractivity contribution is 8.26. The average molecular weight is 469 g/mol. The Bertz CT molecular complexity index is 1190. The lowest BCUT2D eigenvalue weighted by atomic mass is 10.0. The number of hydrogen-bond donors (Lipinski definition) is 2. The number of hydrogen-bond acceptors (Lipinski definition) is 7. The van der Waals surface area contributed by atoms with Crippen molar-refractivity contribution in [2.75, 3.05) is 18.0 Å². The van der Waals surface area contributed by atoms with Crippen molar-refractivity contribution in [3.63, 3.8) is 0 Å². The van der Waals surface area contributed by atoms with Crippen molar-refractivity contribution in [1.82, 2.24) is 4.90 Å². The molecule has 1 fully saturated rings. The number of carbonyl (C=O) groups excluding carboxylic acids is 1. The first-order chi connectivity index (χ1) is 15.3. The van der Waals surface area contributed by atoms with E-state index in [0.29, 0.717) is 11.4 Å². The van der Waals surface area contributed by atoms with E-state index in [4.69, 9.17) is 22.1 Å². The Morgan fingerprint density at radius 2 is 1.66 bits per heavy atom. The van der Waals surface area contributed by atoms with Gasteiger partial charge >= 0.3 is 11.9 Å². The van der Waals surface area contributed by atoms with Crippen molar-refractivity contribution in [3.05, 3.63) is 71.5 Å². The number of benzene rings is 2. The van der Waals surface area contributed by atoms with Gasteiger partial charge in [0.15, 0.2) is 5.75 Å². The van der Waals surface area contributed by atoms with E-state index in [1.807, 2.05) is 42.5 Å². The number of carboxylic acid groups (broad SMARTS) is 2. The number of nitrogens with zero attached hydrogens (tertiary/aromatic N) is 2. The van der Waals surface area contributed by atoms with Gasteiger partial charge in [-0.25, -0.2) is 0 Å². The van der Waals surface area contributed by atoms with Crippen LogP contribution < -0.4 is 9.64 Å². The van der Waals surface area contributed by atoms with Crippen LogP contribution in [0.1, 0.15) is 0 Å². The summed E-state index contributed by atoms with van der Waals surface area (Å²) in [5, 5.41) is 18.3. The van der Waals surface area contributed by atoms with E-state index < -0.39 is 24.4 Å². The molecule has 8 nitrogen and oxygen atoms in total. The van der Waals surface area contributed by atoms with Gasteiger partial charge in [-0.3, -0.25) is 24.2 Å². The number of rotatable bonds is 6. The fourth-order valence-electron chi connectivity index (χ4n) is 3.27. The second kappa shape index (κ2) is 8.85. The summed E-state index contributed by atoms with van der Waals surface area (Å²) in [6.45, 7) is -0.862. The van der Waals surface area contributed by atoms with Gasteiger partial charge in [-0.05, 0) is 29.3 Å². The maximum Gasteiger partial charge on any atom is 0.323 e. The van der Waals surface area contributed by atoms with Crippen LogP contribution in [-0.2, 0) is 14.4 Å². The first kappa shape index (κ1) is 21.6. The van der Waals surface area contributed by atoms with Crippen molar-refractivity contribution < 1.29 is 29.3 Å². The molecule has 0 spiro atoms. The number of anilines is 1. The Balaban J connectivity index is 1.65. The van der Waals surface area contributed by atoms with Gasteiger partial charge in [0.2, 0.25) is 5.88 Å². The zero-order chi connectivity index (χ0) is 22.8. The molecule has 0 saturated carbocycles. The standard InChI is InChI=1S/C22H16N2O6S2/c25-19(26)11-23-15-10-14(13-4-2-1-3-5-13)6-7-16(15)30-18(23)9-8-17-21(29)24(12-20(27)28)22(31)32-17/h1-10H,11-12H2,(H,25,26)(H,27,28)/b17-8+,18-9-. The topological polar surface area (TPSA) is 107 Å². The predicted octanol–water partition coefficient (Wildman–Crippen LogP) is 3.31. The van der Waals surface area contributed by atoms with Crippen LogP contribution in [0.5, 0.6) is 5.75 Å². The minimum absolute atomic E-state index is 0.146. The van der Waals surface area contributed by atoms with E-state index in [0.717, 1.165) is 27.8 Å². The lowest BCUT2D eigenvalue weighted by Gasteiger charge is -2.16. The number of aliphatic carboxylic acids is 2. The number of thiocarbonyl (C=S) groups is 1. The molecule has 0 bridgehead atoms. The highest BCUT2D eigenvalue weighted by atomic mass is 32.2. The van der Waals surface area contributed by atoms with Crippen molar-refractivity contribution in [2.24, 2.45) is 0 Å². The summed E-state index contributed by atoms with van der Waals surface area (Å²) in [5.74, 6) is -2.02. The lowest BCUT2D eigenvalue weighted by Crippen LogP contribution is -2.33. The molecule has 162 valence electrons. The second-order valence-electron chi connectivity index (χ2n) is 6.82. The van der Waals surface area contributed by atoms with Crippen LogP contribution >= 0.6 is 24.0 Å². The van der Waals surface area contributed by atoms with Crippen molar-refractivity contribution >= 4 is 51.8 Å². The molecule has 2 aromatic rings. The van der Waals surface area contributed by atoms with E-state index in [9.17, 15) is 19.5 Å². The van der Waals surface area contributed by atoms with Gasteiger partial charge in [0.05, 0.1) is 10.6 Å². The van der Waals surface area contributed by atoms with Crippen LogP contribution in [0.25, 0.3) is 11.1 Å². The van der Waals surface area contributed by atoms with Gasteiger partial charge in [-0.2, -0.15) is 0 Å². The van der Waals surface area contributed by atoms with Gasteiger partial charge < -0.3 is 14.9 Å². The first-order valence-corrected chi connectivity index (χ1v) is 10.6. The molecule has 2 heterocycles.